The molecule has 0 fully saturated rings. The first-order valence-corrected chi connectivity index (χ1v) is 30.0. The molecule has 0 aromatic carbocycles. The maximum atomic E-state index is 12.5. The van der Waals surface area contributed by atoms with E-state index in [-0.39, 0.29) is 18.5 Å². The molecule has 0 aliphatic heterocycles. The summed E-state index contributed by atoms with van der Waals surface area (Å²) in [6, 6.07) is -0.635. The Hall–Kier alpha value is -1.40. The fraction of sp³-hybridized carbons (Fsp3) is 0.933. The number of unbranched alkanes of at least 4 members (excludes halogenated alkanes) is 45. The highest BCUT2D eigenvalue weighted by molar-refractivity contribution is 5.76. The number of hydrogen-bond acceptors (Lipinski definition) is 5. The molecular formula is C60H117NO5. The van der Waals surface area contributed by atoms with Crippen LogP contribution >= 0.6 is 0 Å². The lowest BCUT2D eigenvalue weighted by Gasteiger charge is -2.20. The summed E-state index contributed by atoms with van der Waals surface area (Å²) >= 11 is 0. The van der Waals surface area contributed by atoms with Crippen molar-refractivity contribution in [3.8, 4) is 0 Å². The van der Waals surface area contributed by atoms with Crippen molar-refractivity contribution in [3.05, 3.63) is 12.2 Å². The number of esters is 1. The van der Waals surface area contributed by atoms with Gasteiger partial charge in [-0.25, -0.2) is 0 Å². The van der Waals surface area contributed by atoms with Crippen molar-refractivity contribution in [2.24, 2.45) is 0 Å². The molecule has 0 rings (SSSR count). The van der Waals surface area contributed by atoms with Gasteiger partial charge in [-0.05, 0) is 32.1 Å². The van der Waals surface area contributed by atoms with Crippen molar-refractivity contribution in [1.29, 1.82) is 0 Å². The summed E-state index contributed by atoms with van der Waals surface area (Å²) in [5.74, 6) is -0.0739. The van der Waals surface area contributed by atoms with Gasteiger partial charge in [-0.2, -0.15) is 0 Å². The van der Waals surface area contributed by atoms with Crippen molar-refractivity contribution in [2.45, 2.75) is 347 Å². The highest BCUT2D eigenvalue weighted by atomic mass is 16.5. The van der Waals surface area contributed by atoms with E-state index < -0.39 is 12.1 Å². The average Bonchev–Trinajstić information content (AvgIpc) is 3.32. The third-order valence-corrected chi connectivity index (χ3v) is 14.1. The monoisotopic (exact) mass is 932 g/mol. The van der Waals surface area contributed by atoms with Crippen molar-refractivity contribution in [3.63, 3.8) is 0 Å². The number of ether oxygens (including phenoxy) is 1. The second kappa shape index (κ2) is 56.2. The molecule has 0 saturated carbocycles. The van der Waals surface area contributed by atoms with Gasteiger partial charge >= 0.3 is 5.97 Å². The van der Waals surface area contributed by atoms with Crippen molar-refractivity contribution in [1.82, 2.24) is 5.32 Å². The molecular weight excluding hydrogens is 815 g/mol. The van der Waals surface area contributed by atoms with Gasteiger partial charge in [0.1, 0.15) is 0 Å². The van der Waals surface area contributed by atoms with E-state index in [0.29, 0.717) is 19.4 Å². The first-order valence-electron chi connectivity index (χ1n) is 30.0. The zero-order valence-electron chi connectivity index (χ0n) is 44.7. The minimum atomic E-state index is -0.851. The van der Waals surface area contributed by atoms with E-state index >= 15 is 0 Å². The van der Waals surface area contributed by atoms with Crippen LogP contribution in [0.25, 0.3) is 0 Å². The standard InChI is InChI=1S/C60H117NO5/c1-3-5-7-9-11-13-15-17-19-21-23-24-28-32-36-40-44-48-52-58(63)57(56-62)61-59(64)53-49-45-41-37-33-29-26-27-31-35-39-43-47-51-55-66-60(65)54-50-46-42-38-34-30-25-22-20-18-16-14-12-10-8-6-4-2/h48,52,57-58,62-63H,3-47,49-51,53-56H2,1-2H3,(H,61,64)/b52-48+. The van der Waals surface area contributed by atoms with Crippen LogP contribution in [0.3, 0.4) is 0 Å². The number of nitrogens with one attached hydrogen (secondary N) is 1. The van der Waals surface area contributed by atoms with Crippen LogP contribution in [-0.2, 0) is 14.3 Å². The number of carbonyl (C=O) groups is 2. The van der Waals surface area contributed by atoms with Gasteiger partial charge in [0.15, 0.2) is 0 Å². The minimum Gasteiger partial charge on any atom is -0.466 e. The van der Waals surface area contributed by atoms with Gasteiger partial charge in [0.2, 0.25) is 5.91 Å². The number of allylic oxidation sites excluding steroid dienone is 1. The highest BCUT2D eigenvalue weighted by Gasteiger charge is 2.18. The van der Waals surface area contributed by atoms with Crippen LogP contribution in [0, 0.1) is 0 Å². The van der Waals surface area contributed by atoms with E-state index in [9.17, 15) is 19.8 Å². The maximum Gasteiger partial charge on any atom is 0.305 e. The zero-order chi connectivity index (χ0) is 47.9. The van der Waals surface area contributed by atoms with Gasteiger partial charge in [-0.1, -0.05) is 302 Å². The Balaban J connectivity index is 3.44. The quantitative estimate of drug-likeness (QED) is 0.0321. The fourth-order valence-electron chi connectivity index (χ4n) is 9.46. The number of hydrogen-bond donors (Lipinski definition) is 3. The van der Waals surface area contributed by atoms with Crippen LogP contribution in [0.5, 0.6) is 0 Å². The van der Waals surface area contributed by atoms with Crippen LogP contribution in [0.4, 0.5) is 0 Å². The number of amides is 1. The van der Waals surface area contributed by atoms with Crippen LogP contribution in [0.15, 0.2) is 12.2 Å². The SMILES string of the molecule is CCCCCCCCCCCCCCCCCC/C=C/C(O)C(CO)NC(=O)CCCCCCCCCCCCCCCCOC(=O)CCCCCCCCCCCCCCCCCCC. The molecule has 0 aromatic rings. The van der Waals surface area contributed by atoms with Gasteiger partial charge in [-0.3, -0.25) is 9.59 Å². The molecule has 392 valence electrons. The second-order valence-electron chi connectivity index (χ2n) is 20.7. The Bertz CT molecular complexity index is 986. The molecule has 0 radical (unpaired) electrons. The number of rotatable bonds is 56. The third kappa shape index (κ3) is 52.0. The van der Waals surface area contributed by atoms with Gasteiger partial charge in [0, 0.05) is 12.8 Å². The number of aliphatic hydroxyl groups is 2. The first kappa shape index (κ1) is 64.6. The molecule has 0 aliphatic rings. The number of aliphatic hydroxyl groups excluding tert-OH is 2. The van der Waals surface area contributed by atoms with Crippen molar-refractivity contribution < 1.29 is 24.5 Å². The van der Waals surface area contributed by atoms with Crippen LogP contribution in [0.2, 0.25) is 0 Å². The van der Waals surface area contributed by atoms with E-state index in [1.165, 1.54) is 250 Å². The van der Waals surface area contributed by atoms with Gasteiger partial charge in [-0.15, -0.1) is 0 Å². The molecule has 6 nitrogen and oxygen atoms in total. The zero-order valence-corrected chi connectivity index (χ0v) is 44.7. The summed E-state index contributed by atoms with van der Waals surface area (Å²) in [7, 11) is 0. The van der Waals surface area contributed by atoms with E-state index in [1.807, 2.05) is 6.08 Å². The van der Waals surface area contributed by atoms with Crippen molar-refractivity contribution >= 4 is 11.9 Å². The molecule has 2 unspecified atom stereocenters. The number of carbonyl (C=O) groups excluding carboxylic acids is 2. The molecule has 6 heteroatoms. The van der Waals surface area contributed by atoms with Gasteiger partial charge in [0.05, 0.1) is 25.4 Å². The Morgan fingerprint density at radius 3 is 1.03 bits per heavy atom. The van der Waals surface area contributed by atoms with E-state index in [2.05, 4.69) is 19.2 Å². The largest absolute Gasteiger partial charge is 0.466 e. The van der Waals surface area contributed by atoms with Crippen LogP contribution in [-0.4, -0.2) is 47.4 Å². The van der Waals surface area contributed by atoms with E-state index in [0.717, 1.165) is 57.8 Å². The molecule has 1 amide bonds. The van der Waals surface area contributed by atoms with Crippen LogP contribution in [0.1, 0.15) is 335 Å². The van der Waals surface area contributed by atoms with Crippen molar-refractivity contribution in [2.75, 3.05) is 13.2 Å². The Morgan fingerprint density at radius 1 is 0.409 bits per heavy atom. The average molecular weight is 933 g/mol. The van der Waals surface area contributed by atoms with Gasteiger partial charge < -0.3 is 20.3 Å². The Labute approximate surface area is 412 Å². The molecule has 2 atom stereocenters. The summed E-state index contributed by atoms with van der Waals surface area (Å²) in [4.78, 5) is 24.6. The second-order valence-corrected chi connectivity index (χ2v) is 20.7. The predicted molar refractivity (Wildman–Crippen MR) is 287 cm³/mol. The normalized spacial score (nSPS) is 12.6. The maximum absolute atomic E-state index is 12.5. The van der Waals surface area contributed by atoms with E-state index in [1.54, 1.807) is 6.08 Å². The molecule has 3 N–H and O–H groups in total. The highest BCUT2D eigenvalue weighted by Crippen LogP contribution is 2.18. The lowest BCUT2D eigenvalue weighted by atomic mass is 10.0. The Kier molecular flexibility index (Phi) is 55.0. The first-order chi connectivity index (χ1) is 32.5. The summed E-state index contributed by atoms with van der Waals surface area (Å²) in [6.45, 7) is 4.91. The minimum absolute atomic E-state index is 0.00130. The smallest absolute Gasteiger partial charge is 0.305 e. The van der Waals surface area contributed by atoms with Gasteiger partial charge in [0.25, 0.3) is 0 Å². The third-order valence-electron chi connectivity index (χ3n) is 14.1. The summed E-state index contributed by atoms with van der Waals surface area (Å²) < 4.78 is 5.49. The molecule has 66 heavy (non-hydrogen) atoms. The summed E-state index contributed by atoms with van der Waals surface area (Å²) in [5.41, 5.74) is 0. The topological polar surface area (TPSA) is 95.9 Å². The molecule has 0 saturated heterocycles. The lowest BCUT2D eigenvalue weighted by molar-refractivity contribution is -0.143. The van der Waals surface area contributed by atoms with Crippen LogP contribution < -0.4 is 5.32 Å². The lowest BCUT2D eigenvalue weighted by Crippen LogP contribution is -2.45. The predicted octanol–water partition coefficient (Wildman–Crippen LogP) is 18.5. The fourth-order valence-corrected chi connectivity index (χ4v) is 9.46. The molecule has 0 bridgehead atoms. The summed E-state index contributed by atoms with van der Waals surface area (Å²) in [5, 5.41) is 23.1. The molecule has 0 heterocycles. The Morgan fingerprint density at radius 2 is 0.697 bits per heavy atom. The van der Waals surface area contributed by atoms with E-state index in [4.69, 9.17) is 4.74 Å². The molecule has 0 aliphatic carbocycles. The molecule has 0 aromatic heterocycles. The molecule has 0 spiro atoms. The summed E-state index contributed by atoms with van der Waals surface area (Å²) in [6.07, 6.45) is 66.6.